The lowest BCUT2D eigenvalue weighted by Gasteiger charge is -2.12. The normalized spacial score (nSPS) is 12.0. The number of hydrogen-bond acceptors (Lipinski definition) is 4. The van der Waals surface area contributed by atoms with E-state index >= 15 is 0 Å². The van der Waals surface area contributed by atoms with Crippen molar-refractivity contribution >= 4 is 23.2 Å². The van der Waals surface area contributed by atoms with Crippen LogP contribution >= 0.6 is 11.3 Å². The van der Waals surface area contributed by atoms with E-state index < -0.39 is 5.97 Å². The van der Waals surface area contributed by atoms with E-state index in [1.165, 1.54) is 0 Å². The summed E-state index contributed by atoms with van der Waals surface area (Å²) < 4.78 is 5.06. The summed E-state index contributed by atoms with van der Waals surface area (Å²) >= 11 is 1.58. The number of ether oxygens (including phenoxy) is 1. The van der Waals surface area contributed by atoms with Gasteiger partial charge >= 0.3 is 5.97 Å². The second-order valence-corrected chi connectivity index (χ2v) is 6.64. The van der Waals surface area contributed by atoms with Gasteiger partial charge in [0.25, 0.3) is 5.91 Å². The van der Waals surface area contributed by atoms with Crippen molar-refractivity contribution in [3.05, 3.63) is 57.8 Å². The van der Waals surface area contributed by atoms with E-state index in [1.807, 2.05) is 36.6 Å². The Hall–Kier alpha value is -2.14. The van der Waals surface area contributed by atoms with Gasteiger partial charge in [0.1, 0.15) is 0 Å². The summed E-state index contributed by atoms with van der Waals surface area (Å²) in [6.45, 7) is 5.80. The molecule has 0 saturated heterocycles. The summed E-state index contributed by atoms with van der Waals surface area (Å²) in [6, 6.07) is 11.1. The van der Waals surface area contributed by atoms with Crippen LogP contribution in [-0.2, 0) is 9.53 Å². The fourth-order valence-electron chi connectivity index (χ4n) is 2.11. The van der Waals surface area contributed by atoms with E-state index in [4.69, 9.17) is 4.74 Å². The van der Waals surface area contributed by atoms with E-state index in [0.29, 0.717) is 11.5 Å². The second kappa shape index (κ2) is 7.92. The summed E-state index contributed by atoms with van der Waals surface area (Å²) in [5.41, 5.74) is 1.61. The first-order valence-corrected chi connectivity index (χ1v) is 8.45. The molecule has 1 heterocycles. The van der Waals surface area contributed by atoms with Crippen molar-refractivity contribution in [2.75, 3.05) is 6.61 Å². The zero-order valence-corrected chi connectivity index (χ0v) is 14.4. The van der Waals surface area contributed by atoms with Crippen molar-refractivity contribution in [2.24, 2.45) is 0 Å². The third kappa shape index (κ3) is 4.93. The van der Waals surface area contributed by atoms with Crippen LogP contribution in [0.4, 0.5) is 0 Å². The topological polar surface area (TPSA) is 55.4 Å². The smallest absolute Gasteiger partial charge is 0.338 e. The molecule has 1 amide bonds. The van der Waals surface area contributed by atoms with Gasteiger partial charge in [-0.25, -0.2) is 4.79 Å². The summed E-state index contributed by atoms with van der Waals surface area (Å²) in [4.78, 5) is 24.9. The van der Waals surface area contributed by atoms with E-state index in [-0.39, 0.29) is 18.6 Å². The van der Waals surface area contributed by atoms with Crippen LogP contribution in [-0.4, -0.2) is 18.5 Å². The Morgan fingerprint density at radius 2 is 1.83 bits per heavy atom. The van der Waals surface area contributed by atoms with Crippen molar-refractivity contribution in [2.45, 2.75) is 32.7 Å². The Morgan fingerprint density at radius 1 is 1.13 bits per heavy atom. The molecule has 0 aliphatic rings. The van der Waals surface area contributed by atoms with E-state index in [9.17, 15) is 9.59 Å². The molecule has 0 aliphatic carbocycles. The minimum atomic E-state index is -0.487. The number of thiophene rings is 1. The molecule has 0 bridgehead atoms. The van der Waals surface area contributed by atoms with Crippen LogP contribution in [0.25, 0.3) is 0 Å². The van der Waals surface area contributed by atoms with Crippen LogP contribution in [0.2, 0.25) is 0 Å². The average Bonchev–Trinajstić information content (AvgIpc) is 3.07. The molecule has 0 fully saturated rings. The molecule has 1 N–H and O–H groups in total. The van der Waals surface area contributed by atoms with Gasteiger partial charge in [-0.15, -0.1) is 11.3 Å². The molecule has 122 valence electrons. The maximum atomic E-state index is 11.9. The largest absolute Gasteiger partial charge is 0.452 e. The number of esters is 1. The zero-order valence-electron chi connectivity index (χ0n) is 13.5. The predicted octanol–water partition coefficient (Wildman–Crippen LogP) is 3.91. The molecular weight excluding hydrogens is 310 g/mol. The number of rotatable bonds is 6. The highest BCUT2D eigenvalue weighted by atomic mass is 32.1. The Balaban J connectivity index is 1.82. The molecule has 0 radical (unpaired) electrons. The van der Waals surface area contributed by atoms with Crippen LogP contribution < -0.4 is 5.32 Å². The molecular formula is C18H21NO3S. The quantitative estimate of drug-likeness (QED) is 0.817. The van der Waals surface area contributed by atoms with Crippen molar-refractivity contribution < 1.29 is 14.3 Å². The molecule has 0 spiro atoms. The van der Waals surface area contributed by atoms with Crippen LogP contribution in [0.5, 0.6) is 0 Å². The molecule has 0 unspecified atom stereocenters. The van der Waals surface area contributed by atoms with Gasteiger partial charge in [-0.05, 0) is 42.0 Å². The number of amides is 1. The van der Waals surface area contributed by atoms with Gasteiger partial charge in [0.05, 0.1) is 11.6 Å². The Kier molecular flexibility index (Phi) is 5.93. The maximum absolute atomic E-state index is 11.9. The summed E-state index contributed by atoms with van der Waals surface area (Å²) in [6.07, 6.45) is 0. The molecule has 0 aliphatic heterocycles. The lowest BCUT2D eigenvalue weighted by Crippen LogP contribution is -2.30. The molecule has 0 saturated carbocycles. The molecule has 23 heavy (non-hydrogen) atoms. The summed E-state index contributed by atoms with van der Waals surface area (Å²) in [5, 5.41) is 4.76. The number of carbonyl (C=O) groups is 2. The minimum absolute atomic E-state index is 0.0912. The first-order valence-electron chi connectivity index (χ1n) is 7.57. The lowest BCUT2D eigenvalue weighted by atomic mass is 10.0. The van der Waals surface area contributed by atoms with Crippen LogP contribution in [0.3, 0.4) is 0 Å². The third-order valence-corrected chi connectivity index (χ3v) is 4.55. The van der Waals surface area contributed by atoms with Gasteiger partial charge in [0.15, 0.2) is 6.61 Å². The van der Waals surface area contributed by atoms with Crippen molar-refractivity contribution in [1.29, 1.82) is 0 Å². The monoisotopic (exact) mass is 331 g/mol. The van der Waals surface area contributed by atoms with Crippen molar-refractivity contribution in [3.8, 4) is 0 Å². The Bertz CT molecular complexity index is 647. The van der Waals surface area contributed by atoms with Gasteiger partial charge in [0.2, 0.25) is 0 Å². The fourth-order valence-corrected chi connectivity index (χ4v) is 2.84. The van der Waals surface area contributed by atoms with E-state index in [1.54, 1.807) is 23.5 Å². The van der Waals surface area contributed by atoms with Gasteiger partial charge < -0.3 is 10.1 Å². The fraction of sp³-hybridized carbons (Fsp3) is 0.333. The summed E-state index contributed by atoms with van der Waals surface area (Å²) in [5.74, 6) is -0.387. The Labute approximate surface area is 140 Å². The first kappa shape index (κ1) is 17.2. The van der Waals surface area contributed by atoms with Gasteiger partial charge in [-0.2, -0.15) is 0 Å². The van der Waals surface area contributed by atoms with Crippen LogP contribution in [0.15, 0.2) is 41.8 Å². The summed E-state index contributed by atoms with van der Waals surface area (Å²) in [7, 11) is 0. The highest BCUT2D eigenvalue weighted by Crippen LogP contribution is 2.18. The van der Waals surface area contributed by atoms with Crippen LogP contribution in [0.1, 0.15) is 53.5 Å². The molecule has 2 rings (SSSR count). The molecule has 1 aromatic carbocycles. The van der Waals surface area contributed by atoms with Gasteiger partial charge in [-0.1, -0.05) is 32.0 Å². The molecule has 1 atom stereocenters. The predicted molar refractivity (Wildman–Crippen MR) is 91.7 cm³/mol. The number of nitrogens with one attached hydrogen (secondary N) is 1. The lowest BCUT2D eigenvalue weighted by molar-refractivity contribution is -0.124. The highest BCUT2D eigenvalue weighted by Gasteiger charge is 2.13. The number of hydrogen-bond donors (Lipinski definition) is 1. The van der Waals surface area contributed by atoms with E-state index in [2.05, 4.69) is 19.2 Å². The average molecular weight is 331 g/mol. The number of benzene rings is 1. The second-order valence-electron chi connectivity index (χ2n) is 5.66. The van der Waals surface area contributed by atoms with Crippen LogP contribution in [0, 0.1) is 0 Å². The van der Waals surface area contributed by atoms with Gasteiger partial charge in [0, 0.05) is 4.88 Å². The minimum Gasteiger partial charge on any atom is -0.452 e. The highest BCUT2D eigenvalue weighted by molar-refractivity contribution is 7.10. The SMILES string of the molecule is CC(C)c1ccc(C(=O)OCC(=O)N[C@H](C)c2cccs2)cc1. The standard InChI is InChI=1S/C18H21NO3S/c1-12(2)14-6-8-15(9-7-14)18(21)22-11-17(20)19-13(3)16-5-4-10-23-16/h4-10,12-13H,11H2,1-3H3,(H,19,20)/t13-/m1/s1. The number of carbonyl (C=O) groups excluding carboxylic acids is 2. The Morgan fingerprint density at radius 3 is 2.39 bits per heavy atom. The third-order valence-electron chi connectivity index (χ3n) is 3.49. The maximum Gasteiger partial charge on any atom is 0.338 e. The molecule has 5 heteroatoms. The van der Waals surface area contributed by atoms with Crippen molar-refractivity contribution in [1.82, 2.24) is 5.32 Å². The zero-order chi connectivity index (χ0) is 16.8. The van der Waals surface area contributed by atoms with E-state index in [0.717, 1.165) is 10.4 Å². The van der Waals surface area contributed by atoms with Gasteiger partial charge in [-0.3, -0.25) is 4.79 Å². The molecule has 1 aromatic heterocycles. The van der Waals surface area contributed by atoms with Crippen molar-refractivity contribution in [3.63, 3.8) is 0 Å². The first-order chi connectivity index (χ1) is 11.0. The molecule has 2 aromatic rings. The molecule has 4 nitrogen and oxygen atoms in total.